The van der Waals surface area contributed by atoms with E-state index in [0.29, 0.717) is 0 Å². The Bertz CT molecular complexity index is 599. The predicted octanol–water partition coefficient (Wildman–Crippen LogP) is 2.18. The Morgan fingerprint density at radius 2 is 2.28 bits per heavy atom. The highest BCUT2D eigenvalue weighted by atomic mass is 79.9. The van der Waals surface area contributed by atoms with Crippen molar-refractivity contribution in [2.24, 2.45) is 0 Å². The zero-order valence-electron chi connectivity index (χ0n) is 10.1. The Balaban J connectivity index is 2.37. The molecule has 0 saturated heterocycles. The molecule has 0 aliphatic carbocycles. The molecule has 0 saturated carbocycles. The van der Waals surface area contributed by atoms with Crippen LogP contribution in [0, 0.1) is 11.3 Å². The van der Waals surface area contributed by atoms with Crippen molar-refractivity contribution in [2.75, 3.05) is 7.05 Å². The monoisotopic (exact) mass is 305 g/mol. The van der Waals surface area contributed by atoms with Crippen LogP contribution in [0.2, 0.25) is 0 Å². The molecule has 1 aromatic heterocycles. The van der Waals surface area contributed by atoms with Crippen molar-refractivity contribution in [3.05, 3.63) is 40.4 Å². The van der Waals surface area contributed by atoms with E-state index in [1.807, 2.05) is 31.3 Å². The molecule has 2 aromatic rings. The van der Waals surface area contributed by atoms with Crippen LogP contribution in [0.15, 0.2) is 29.0 Å². The van der Waals surface area contributed by atoms with Crippen molar-refractivity contribution >= 4 is 15.9 Å². The third-order valence-electron chi connectivity index (χ3n) is 2.74. The number of halogens is 1. The van der Waals surface area contributed by atoms with Crippen molar-refractivity contribution in [1.29, 1.82) is 5.26 Å². The lowest BCUT2D eigenvalue weighted by Crippen LogP contribution is -2.13. The summed E-state index contributed by atoms with van der Waals surface area (Å²) in [7, 11) is 1.92. The Kier molecular flexibility index (Phi) is 3.75. The number of hydrogen-bond acceptors (Lipinski definition) is 4. The van der Waals surface area contributed by atoms with E-state index >= 15 is 0 Å². The topological polar surface area (TPSA) is 66.5 Å². The Hall–Kier alpha value is -1.71. The first-order valence-electron chi connectivity index (χ1n) is 5.44. The number of rotatable bonds is 3. The van der Waals surface area contributed by atoms with E-state index in [4.69, 9.17) is 5.26 Å². The zero-order chi connectivity index (χ0) is 13.1. The van der Waals surface area contributed by atoms with Gasteiger partial charge in [-0.3, -0.25) is 0 Å². The predicted molar refractivity (Wildman–Crippen MR) is 71.2 cm³/mol. The van der Waals surface area contributed by atoms with Crippen LogP contribution in [-0.2, 0) is 0 Å². The Morgan fingerprint density at radius 1 is 1.50 bits per heavy atom. The molecule has 92 valence electrons. The van der Waals surface area contributed by atoms with Gasteiger partial charge in [0.1, 0.15) is 12.4 Å². The maximum Gasteiger partial charge on any atom is 0.252 e. The highest BCUT2D eigenvalue weighted by molar-refractivity contribution is 9.10. The summed E-state index contributed by atoms with van der Waals surface area (Å²) in [5.74, 6) is 0.166. The molecule has 1 atom stereocenters. The van der Waals surface area contributed by atoms with Crippen LogP contribution < -0.4 is 5.32 Å². The minimum absolute atomic E-state index is 0.166. The van der Waals surface area contributed by atoms with Crippen LogP contribution in [-0.4, -0.2) is 21.8 Å². The molecule has 1 unspecified atom stereocenters. The van der Waals surface area contributed by atoms with Crippen LogP contribution in [0.3, 0.4) is 0 Å². The van der Waals surface area contributed by atoms with E-state index in [9.17, 15) is 0 Å². The van der Waals surface area contributed by atoms with Crippen molar-refractivity contribution in [3.63, 3.8) is 0 Å². The van der Waals surface area contributed by atoms with Crippen LogP contribution >= 0.6 is 15.9 Å². The number of nitrogens with one attached hydrogen (secondary N) is 1. The molecular weight excluding hydrogens is 294 g/mol. The molecule has 0 amide bonds. The molecular formula is C12H12BrN5. The first kappa shape index (κ1) is 12.7. The summed E-state index contributed by atoms with van der Waals surface area (Å²) in [6.07, 6.45) is 1.53. The third kappa shape index (κ3) is 2.42. The van der Waals surface area contributed by atoms with Gasteiger partial charge in [0.15, 0.2) is 0 Å². The Morgan fingerprint density at radius 3 is 2.83 bits per heavy atom. The molecule has 0 bridgehead atoms. The van der Waals surface area contributed by atoms with Gasteiger partial charge in [-0.2, -0.15) is 5.26 Å². The average molecular weight is 306 g/mol. The van der Waals surface area contributed by atoms with Gasteiger partial charge in [0.2, 0.25) is 0 Å². The van der Waals surface area contributed by atoms with Crippen molar-refractivity contribution in [2.45, 2.75) is 13.0 Å². The van der Waals surface area contributed by atoms with Crippen molar-refractivity contribution < 1.29 is 0 Å². The van der Waals surface area contributed by atoms with Gasteiger partial charge in [-0.25, -0.2) is 9.67 Å². The first-order valence-corrected chi connectivity index (χ1v) is 6.24. The van der Waals surface area contributed by atoms with E-state index in [1.165, 1.54) is 11.9 Å². The van der Waals surface area contributed by atoms with E-state index in [2.05, 4.69) is 38.3 Å². The van der Waals surface area contributed by atoms with E-state index in [0.717, 1.165) is 10.2 Å². The second kappa shape index (κ2) is 5.29. The zero-order valence-corrected chi connectivity index (χ0v) is 11.6. The lowest BCUT2D eigenvalue weighted by atomic mass is 10.1. The van der Waals surface area contributed by atoms with Gasteiger partial charge in [-0.15, -0.1) is 5.10 Å². The molecule has 6 heteroatoms. The molecule has 2 rings (SSSR count). The van der Waals surface area contributed by atoms with Gasteiger partial charge in [-0.05, 0) is 31.7 Å². The third-order valence-corrected chi connectivity index (χ3v) is 3.43. The van der Waals surface area contributed by atoms with E-state index in [-0.39, 0.29) is 11.9 Å². The SMILES string of the molecule is CNC(C)c1ccc(-n2cnc(C#N)n2)cc1Br. The number of nitrogens with zero attached hydrogens (tertiary/aromatic N) is 4. The summed E-state index contributed by atoms with van der Waals surface area (Å²) < 4.78 is 2.58. The first-order chi connectivity index (χ1) is 8.65. The maximum atomic E-state index is 8.70. The molecule has 0 fully saturated rings. The number of benzene rings is 1. The largest absolute Gasteiger partial charge is 0.313 e. The summed E-state index contributed by atoms with van der Waals surface area (Å²) in [6.45, 7) is 2.09. The second-order valence-corrected chi connectivity index (χ2v) is 4.70. The smallest absolute Gasteiger partial charge is 0.252 e. The van der Waals surface area contributed by atoms with Gasteiger partial charge < -0.3 is 5.32 Å². The number of aromatic nitrogens is 3. The van der Waals surface area contributed by atoms with Gasteiger partial charge in [0.05, 0.1) is 5.69 Å². The van der Waals surface area contributed by atoms with Crippen LogP contribution in [0.4, 0.5) is 0 Å². The molecule has 5 nitrogen and oxygen atoms in total. The molecule has 0 spiro atoms. The summed E-state index contributed by atoms with van der Waals surface area (Å²) in [5.41, 5.74) is 2.03. The lowest BCUT2D eigenvalue weighted by Gasteiger charge is -2.13. The highest BCUT2D eigenvalue weighted by Crippen LogP contribution is 2.25. The Labute approximate surface area is 114 Å². The van der Waals surface area contributed by atoms with Crippen molar-refractivity contribution in [1.82, 2.24) is 20.1 Å². The standard InChI is InChI=1S/C12H12BrN5/c1-8(15-2)10-4-3-9(5-11(10)13)18-7-16-12(6-14)17-18/h3-5,7-8,15H,1-2H3. The molecule has 0 aliphatic rings. The van der Waals surface area contributed by atoms with Gasteiger partial charge in [0.25, 0.3) is 5.82 Å². The van der Waals surface area contributed by atoms with Crippen molar-refractivity contribution in [3.8, 4) is 11.8 Å². The quantitative estimate of drug-likeness (QED) is 0.944. The highest BCUT2D eigenvalue weighted by Gasteiger charge is 2.09. The fourth-order valence-corrected chi connectivity index (χ4v) is 2.31. The maximum absolute atomic E-state index is 8.70. The van der Waals surface area contributed by atoms with E-state index in [1.54, 1.807) is 4.68 Å². The van der Waals surface area contributed by atoms with Gasteiger partial charge in [0, 0.05) is 10.5 Å². The molecule has 0 radical (unpaired) electrons. The van der Waals surface area contributed by atoms with Crippen LogP contribution in [0.25, 0.3) is 5.69 Å². The van der Waals surface area contributed by atoms with E-state index < -0.39 is 0 Å². The number of nitriles is 1. The lowest BCUT2D eigenvalue weighted by molar-refractivity contribution is 0.649. The average Bonchev–Trinajstić information content (AvgIpc) is 2.86. The molecule has 1 N–H and O–H groups in total. The number of hydrogen-bond donors (Lipinski definition) is 1. The summed E-state index contributed by atoms with van der Waals surface area (Å²) >= 11 is 3.54. The van der Waals surface area contributed by atoms with Gasteiger partial charge in [-0.1, -0.05) is 22.0 Å². The summed E-state index contributed by atoms with van der Waals surface area (Å²) in [6, 6.07) is 8.10. The second-order valence-electron chi connectivity index (χ2n) is 3.84. The normalized spacial score (nSPS) is 12.1. The van der Waals surface area contributed by atoms with Crippen LogP contribution in [0.1, 0.15) is 24.4 Å². The molecule has 1 aromatic carbocycles. The van der Waals surface area contributed by atoms with Gasteiger partial charge >= 0.3 is 0 Å². The molecule has 0 aliphatic heterocycles. The van der Waals surface area contributed by atoms with Crippen LogP contribution in [0.5, 0.6) is 0 Å². The minimum atomic E-state index is 0.166. The summed E-state index contributed by atoms with van der Waals surface area (Å²) in [5, 5.41) is 15.9. The summed E-state index contributed by atoms with van der Waals surface area (Å²) in [4.78, 5) is 3.88. The minimum Gasteiger partial charge on any atom is -0.313 e. The fourth-order valence-electron chi connectivity index (χ4n) is 1.60. The molecule has 1 heterocycles. The fraction of sp³-hybridized carbons (Fsp3) is 0.250. The molecule has 18 heavy (non-hydrogen) atoms.